The van der Waals surface area contributed by atoms with Crippen LogP contribution in [-0.2, 0) is 24.3 Å². The minimum Gasteiger partial charge on any atom is -0.497 e. The normalized spacial score (nSPS) is 18.1. The van der Waals surface area contributed by atoms with Crippen molar-refractivity contribution in [1.29, 1.82) is 0 Å². The molecule has 1 aliphatic carbocycles. The minimum atomic E-state index is -0.0297. The topological polar surface area (TPSA) is 70.7 Å². The smallest absolute Gasteiger partial charge is 0.317 e. The molecular formula is C31H35N3O3. The van der Waals surface area contributed by atoms with Gasteiger partial charge in [-0.05, 0) is 70.7 Å². The molecule has 1 saturated carbocycles. The average Bonchev–Trinajstić information content (AvgIpc) is 3.76. The number of carbonyl (C=O) groups is 2. The highest BCUT2D eigenvalue weighted by molar-refractivity contribution is 5.83. The summed E-state index contributed by atoms with van der Waals surface area (Å²) in [7, 11) is 1.68. The third-order valence-electron chi connectivity index (χ3n) is 7.51. The van der Waals surface area contributed by atoms with Gasteiger partial charge in [0.05, 0.1) is 7.11 Å². The van der Waals surface area contributed by atoms with Gasteiger partial charge in [-0.2, -0.15) is 0 Å². The van der Waals surface area contributed by atoms with E-state index >= 15 is 0 Å². The van der Waals surface area contributed by atoms with E-state index in [0.717, 1.165) is 47.3 Å². The first kappa shape index (κ1) is 24.9. The maximum absolute atomic E-state index is 13.0. The fourth-order valence-corrected chi connectivity index (χ4v) is 5.35. The lowest BCUT2D eigenvalue weighted by molar-refractivity contribution is -0.122. The van der Waals surface area contributed by atoms with Crippen LogP contribution < -0.4 is 15.4 Å². The Bertz CT molecular complexity index is 1270. The van der Waals surface area contributed by atoms with Gasteiger partial charge in [0.1, 0.15) is 5.75 Å². The van der Waals surface area contributed by atoms with Gasteiger partial charge in [0, 0.05) is 32.1 Å². The van der Waals surface area contributed by atoms with Crippen LogP contribution in [0, 0.1) is 5.92 Å². The summed E-state index contributed by atoms with van der Waals surface area (Å²) in [6.45, 7) is 4.37. The number of hydrogen-bond acceptors (Lipinski definition) is 3. The summed E-state index contributed by atoms with van der Waals surface area (Å²) < 4.78 is 5.46. The predicted molar refractivity (Wildman–Crippen MR) is 145 cm³/mol. The van der Waals surface area contributed by atoms with Gasteiger partial charge in [-0.1, -0.05) is 61.5 Å². The van der Waals surface area contributed by atoms with Crippen LogP contribution in [0.5, 0.6) is 5.75 Å². The highest BCUT2D eigenvalue weighted by Gasteiger charge is 2.43. The van der Waals surface area contributed by atoms with E-state index in [1.807, 2.05) is 41.3 Å². The van der Waals surface area contributed by atoms with E-state index < -0.39 is 0 Å². The van der Waals surface area contributed by atoms with Crippen LogP contribution in [0.15, 0.2) is 66.7 Å². The third kappa shape index (κ3) is 5.48. The highest BCUT2D eigenvalue weighted by atomic mass is 16.5. The molecule has 0 aromatic heterocycles. The van der Waals surface area contributed by atoms with Crippen molar-refractivity contribution in [3.8, 4) is 16.9 Å². The Hall–Kier alpha value is -3.80. The molecule has 3 amide bonds. The number of amides is 3. The van der Waals surface area contributed by atoms with Crippen molar-refractivity contribution in [3.63, 3.8) is 0 Å². The molecule has 0 radical (unpaired) electrons. The number of ether oxygens (including phenoxy) is 1. The van der Waals surface area contributed by atoms with Gasteiger partial charge in [0.2, 0.25) is 5.91 Å². The van der Waals surface area contributed by atoms with Gasteiger partial charge < -0.3 is 20.3 Å². The number of rotatable bonds is 8. The number of carbonyl (C=O) groups excluding carboxylic acids is 2. The maximum Gasteiger partial charge on any atom is 0.317 e. The van der Waals surface area contributed by atoms with Gasteiger partial charge in [-0.3, -0.25) is 4.79 Å². The number of fused-ring (bicyclic) bond motifs is 1. The number of methoxy groups -OCH3 is 1. The van der Waals surface area contributed by atoms with Crippen molar-refractivity contribution in [2.75, 3.05) is 20.2 Å². The van der Waals surface area contributed by atoms with Crippen LogP contribution >= 0.6 is 0 Å². The lowest BCUT2D eigenvalue weighted by Gasteiger charge is -2.32. The first-order chi connectivity index (χ1) is 18.1. The zero-order valence-electron chi connectivity index (χ0n) is 21.6. The molecule has 0 unspecified atom stereocenters. The van der Waals surface area contributed by atoms with Crippen LogP contribution in [0.3, 0.4) is 0 Å². The molecular weight excluding hydrogens is 462 g/mol. The molecule has 6 heteroatoms. The van der Waals surface area contributed by atoms with Crippen molar-refractivity contribution < 1.29 is 14.3 Å². The number of nitrogens with zero attached hydrogens (tertiary/aromatic N) is 1. The Labute approximate surface area is 219 Å². The van der Waals surface area contributed by atoms with Crippen LogP contribution in [0.2, 0.25) is 0 Å². The van der Waals surface area contributed by atoms with Crippen LogP contribution in [0.4, 0.5) is 4.79 Å². The van der Waals surface area contributed by atoms with E-state index in [-0.39, 0.29) is 17.9 Å². The quantitative estimate of drug-likeness (QED) is 0.446. The van der Waals surface area contributed by atoms with E-state index in [2.05, 4.69) is 47.9 Å². The Morgan fingerprint density at radius 2 is 1.84 bits per heavy atom. The molecule has 2 atom stereocenters. The molecule has 0 saturated heterocycles. The third-order valence-corrected chi connectivity index (χ3v) is 7.51. The Balaban J connectivity index is 1.37. The number of hydrogen-bond donors (Lipinski definition) is 2. The summed E-state index contributed by atoms with van der Waals surface area (Å²) in [6, 6.07) is 22.6. The molecule has 2 N–H and O–H groups in total. The largest absolute Gasteiger partial charge is 0.497 e. The Morgan fingerprint density at radius 1 is 1.00 bits per heavy atom. The molecule has 1 fully saturated rings. The lowest BCUT2D eigenvalue weighted by atomic mass is 9.87. The van der Waals surface area contributed by atoms with E-state index in [4.69, 9.17) is 4.74 Å². The monoisotopic (exact) mass is 497 g/mol. The second kappa shape index (κ2) is 11.1. The molecule has 37 heavy (non-hydrogen) atoms. The summed E-state index contributed by atoms with van der Waals surface area (Å²) >= 11 is 0. The van der Waals surface area contributed by atoms with E-state index in [9.17, 15) is 9.59 Å². The summed E-state index contributed by atoms with van der Waals surface area (Å²) in [6.07, 6.45) is 2.56. The molecule has 1 heterocycles. The molecule has 6 nitrogen and oxygen atoms in total. The zero-order valence-corrected chi connectivity index (χ0v) is 21.6. The summed E-state index contributed by atoms with van der Waals surface area (Å²) in [5.41, 5.74) is 6.93. The van der Waals surface area contributed by atoms with Crippen molar-refractivity contribution in [1.82, 2.24) is 15.5 Å². The van der Waals surface area contributed by atoms with Crippen molar-refractivity contribution in [2.45, 2.75) is 45.2 Å². The van der Waals surface area contributed by atoms with Crippen LogP contribution in [0.25, 0.3) is 11.1 Å². The number of benzene rings is 3. The van der Waals surface area contributed by atoms with Gasteiger partial charge >= 0.3 is 6.03 Å². The summed E-state index contributed by atoms with van der Waals surface area (Å²) in [5, 5.41) is 6.20. The Kier molecular flexibility index (Phi) is 7.45. The van der Waals surface area contributed by atoms with Gasteiger partial charge in [0.25, 0.3) is 0 Å². The molecule has 5 rings (SSSR count). The van der Waals surface area contributed by atoms with E-state index in [0.29, 0.717) is 32.1 Å². The maximum atomic E-state index is 13.0. The molecule has 0 spiro atoms. The molecule has 1 aliphatic heterocycles. The lowest BCUT2D eigenvalue weighted by Crippen LogP contribution is -2.43. The van der Waals surface area contributed by atoms with Crippen LogP contribution in [-0.4, -0.2) is 37.0 Å². The van der Waals surface area contributed by atoms with Gasteiger partial charge in [0.15, 0.2) is 0 Å². The minimum absolute atomic E-state index is 0.0297. The second-order valence-electron chi connectivity index (χ2n) is 9.94. The van der Waals surface area contributed by atoms with E-state index in [1.165, 1.54) is 11.1 Å². The molecule has 3 aromatic carbocycles. The molecule has 3 aromatic rings. The predicted octanol–water partition coefficient (Wildman–Crippen LogP) is 5.26. The van der Waals surface area contributed by atoms with Crippen molar-refractivity contribution >= 4 is 11.9 Å². The molecule has 192 valence electrons. The summed E-state index contributed by atoms with van der Waals surface area (Å²) in [4.78, 5) is 27.6. The fourth-order valence-electron chi connectivity index (χ4n) is 5.35. The molecule has 2 aliphatic rings. The highest BCUT2D eigenvalue weighted by Crippen LogP contribution is 2.47. The molecule has 0 bridgehead atoms. The average molecular weight is 498 g/mol. The number of nitrogens with one attached hydrogen (secondary N) is 2. The summed E-state index contributed by atoms with van der Waals surface area (Å²) in [5.74, 6) is 1.26. The fraction of sp³-hybridized carbons (Fsp3) is 0.355. The number of urea groups is 1. The van der Waals surface area contributed by atoms with E-state index in [1.54, 1.807) is 7.11 Å². The SMILES string of the molecule is CCCNC(=O)N1CCc2c(-c3cccc(OC)c3)ccc(CNC(=O)[C@H]3C[C@@H]3c3ccccc3)c2C1. The van der Waals surface area contributed by atoms with Gasteiger partial charge in [-0.25, -0.2) is 4.79 Å². The second-order valence-corrected chi connectivity index (χ2v) is 9.94. The first-order valence-corrected chi connectivity index (χ1v) is 13.2. The van der Waals surface area contributed by atoms with Crippen molar-refractivity contribution in [3.05, 3.63) is 89.0 Å². The van der Waals surface area contributed by atoms with Crippen LogP contribution in [0.1, 0.15) is 47.9 Å². The first-order valence-electron chi connectivity index (χ1n) is 13.2. The van der Waals surface area contributed by atoms with Gasteiger partial charge in [-0.15, -0.1) is 0 Å². The van der Waals surface area contributed by atoms with Crippen molar-refractivity contribution in [2.24, 2.45) is 5.92 Å². The zero-order chi connectivity index (χ0) is 25.8. The standard InChI is InChI=1S/C31H35N3O3/c1-3-15-32-31(36)34-16-14-26-25(22-10-7-11-24(17-22)37-2)13-12-23(29(26)20-34)19-33-30(35)28-18-27(28)21-8-5-4-6-9-21/h4-13,17,27-28H,3,14-16,18-20H2,1-2H3,(H,32,36)(H,33,35)/t27-,28+/m1/s1. The Morgan fingerprint density at radius 3 is 2.62 bits per heavy atom.